The van der Waals surface area contributed by atoms with Gasteiger partial charge in [0.2, 0.25) is 12.3 Å². The number of hydrogen-bond acceptors (Lipinski definition) is 4. The molecule has 0 unspecified atom stereocenters. The number of ketones is 1. The van der Waals surface area contributed by atoms with Gasteiger partial charge in [-0.15, -0.1) is 12.6 Å². The average Bonchev–Trinajstić information content (AvgIpc) is 3.28. The zero-order chi connectivity index (χ0) is 56.7. The molecule has 75 heavy (non-hydrogen) atoms. The van der Waals surface area contributed by atoms with Crippen LogP contribution in [0.25, 0.3) is 0 Å². The lowest BCUT2D eigenvalue weighted by atomic mass is 9.12. The van der Waals surface area contributed by atoms with E-state index in [4.69, 9.17) is 4.74 Å². The molecule has 0 saturated carbocycles. The van der Waals surface area contributed by atoms with Gasteiger partial charge >= 0.3 is 55.3 Å². The molecule has 5 aromatic carbocycles. The molecule has 0 aliphatic rings. The van der Waals surface area contributed by atoms with Crippen LogP contribution in [0, 0.1) is 0 Å². The van der Waals surface area contributed by atoms with E-state index < -0.39 is 195 Å². The second-order valence-corrected chi connectivity index (χ2v) is 16.1. The van der Waals surface area contributed by atoms with Gasteiger partial charge in [0.05, 0.1) is 50.7 Å². The smallest absolute Gasteiger partial charge is 0.416 e. The minimum Gasteiger partial charge on any atom is -0.432 e. The SMILES string of the molecule is FC(F)(F)c1cc([B-](c2cc(C(F)(F)F)cc(C(F)(F)F)c2)(c2cc(C(F)(F)F)cc(C(F)(F)F)c2)c2cc(C(F)(F)F)cc(C(F)(F)F)c2)cc(C(F)(F)F)c1.O=C(C[n+]1ccncc1OCS)c1ccccc1. The molecule has 6 rings (SSSR count). The van der Waals surface area contributed by atoms with Crippen molar-refractivity contribution in [2.75, 3.05) is 5.94 Å². The van der Waals surface area contributed by atoms with E-state index in [1.807, 2.05) is 18.2 Å². The van der Waals surface area contributed by atoms with E-state index in [0.717, 1.165) is 0 Å². The van der Waals surface area contributed by atoms with E-state index in [9.17, 15) is 110 Å². The Hall–Kier alpha value is -6.62. The minimum atomic E-state index is -6.13. The predicted molar refractivity (Wildman–Crippen MR) is 220 cm³/mol. The Morgan fingerprint density at radius 2 is 0.707 bits per heavy atom. The second kappa shape index (κ2) is 20.8. The van der Waals surface area contributed by atoms with Crippen LogP contribution in [0.15, 0.2) is 122 Å². The van der Waals surface area contributed by atoms with Crippen LogP contribution in [0.1, 0.15) is 54.9 Å². The van der Waals surface area contributed by atoms with Crippen molar-refractivity contribution in [2.45, 2.75) is 56.0 Å². The molecule has 6 aromatic rings. The van der Waals surface area contributed by atoms with Crippen LogP contribution < -0.4 is 31.2 Å². The molecule has 0 amide bonds. The fraction of sp³-hybridized carbons (Fsp3) is 0.222. The summed E-state index contributed by atoms with van der Waals surface area (Å²) in [6.45, 7) is 0.218. The number of ether oxygens (including phenoxy) is 1. The first-order valence-electron chi connectivity index (χ1n) is 20.1. The Balaban J connectivity index is 0.000000483. The maximum atomic E-state index is 14.2. The van der Waals surface area contributed by atoms with Crippen LogP contribution >= 0.6 is 12.6 Å². The van der Waals surface area contributed by atoms with Gasteiger partial charge in [-0.2, -0.15) is 132 Å². The summed E-state index contributed by atoms with van der Waals surface area (Å²) in [5.41, 5.74) is -29.5. The summed E-state index contributed by atoms with van der Waals surface area (Å²) in [4.78, 5) is 16.0. The summed E-state index contributed by atoms with van der Waals surface area (Å²) in [5.74, 6) is 0.790. The van der Waals surface area contributed by atoms with Crippen LogP contribution in [0.3, 0.4) is 0 Å². The maximum Gasteiger partial charge on any atom is 0.416 e. The highest BCUT2D eigenvalue weighted by atomic mass is 32.1. The highest BCUT2D eigenvalue weighted by Crippen LogP contribution is 2.41. The Labute approximate surface area is 409 Å². The number of carbonyl (C=O) groups is 1. The van der Waals surface area contributed by atoms with Crippen LogP contribution in [-0.2, 0) is 56.0 Å². The molecule has 0 atom stereocenters. The molecule has 30 heteroatoms. The minimum absolute atomic E-state index is 0.0239. The highest BCUT2D eigenvalue weighted by Gasteiger charge is 2.47. The van der Waals surface area contributed by atoms with Crippen LogP contribution in [0.5, 0.6) is 5.88 Å². The van der Waals surface area contributed by atoms with Crippen LogP contribution in [0.4, 0.5) is 105 Å². The summed E-state index contributed by atoms with van der Waals surface area (Å²) in [7, 11) is 0. The Kier molecular flexibility index (Phi) is 16.5. The largest absolute Gasteiger partial charge is 0.432 e. The number of aromatic nitrogens is 2. The van der Waals surface area contributed by atoms with Crippen molar-refractivity contribution in [2.24, 2.45) is 0 Å². The van der Waals surface area contributed by atoms with E-state index in [0.29, 0.717) is 11.4 Å². The first-order valence-corrected chi connectivity index (χ1v) is 20.7. The van der Waals surface area contributed by atoms with E-state index in [-0.39, 0.29) is 18.3 Å². The molecule has 4 nitrogen and oxygen atoms in total. The summed E-state index contributed by atoms with van der Waals surface area (Å²) >= 11 is 3.99. The third-order valence-corrected chi connectivity index (χ3v) is 11.0. The number of halogens is 24. The number of rotatable bonds is 9. The predicted octanol–water partition coefficient (Wildman–Crippen LogP) is 12.7. The highest BCUT2D eigenvalue weighted by molar-refractivity contribution is 7.80. The van der Waals surface area contributed by atoms with Crippen molar-refractivity contribution in [3.63, 3.8) is 0 Å². The summed E-state index contributed by atoms with van der Waals surface area (Å²) < 4.78 is 348. The van der Waals surface area contributed by atoms with Crippen molar-refractivity contribution >= 4 is 46.4 Å². The number of alkyl halides is 24. The molecule has 0 aliphatic carbocycles. The third kappa shape index (κ3) is 14.0. The first-order chi connectivity index (χ1) is 34.1. The quantitative estimate of drug-likeness (QED) is 0.0392. The lowest BCUT2D eigenvalue weighted by Gasteiger charge is -2.46. The summed E-state index contributed by atoms with van der Waals surface area (Å²) in [6.07, 6.45) is -49.9. The van der Waals surface area contributed by atoms with Crippen molar-refractivity contribution in [1.29, 1.82) is 0 Å². The molecule has 404 valence electrons. The van der Waals surface area contributed by atoms with Crippen LogP contribution in [0.2, 0.25) is 0 Å². The molecule has 0 spiro atoms. The van der Waals surface area contributed by atoms with Gasteiger partial charge in [0.1, 0.15) is 18.3 Å². The first kappa shape index (κ1) is 59.3. The normalized spacial score (nSPS) is 13.3. The molecule has 0 radical (unpaired) electrons. The lowest BCUT2D eigenvalue weighted by Crippen LogP contribution is -2.75. The number of thiol groups is 1. The van der Waals surface area contributed by atoms with Gasteiger partial charge in [-0.05, 0) is 24.3 Å². The zero-order valence-corrected chi connectivity index (χ0v) is 37.2. The summed E-state index contributed by atoms with van der Waals surface area (Å²) in [6, 6.07) is 0.346. The van der Waals surface area contributed by atoms with E-state index in [2.05, 4.69) is 17.6 Å². The van der Waals surface area contributed by atoms with Crippen molar-refractivity contribution in [3.8, 4) is 5.88 Å². The molecule has 0 bridgehead atoms. The number of benzene rings is 5. The van der Waals surface area contributed by atoms with E-state index >= 15 is 0 Å². The van der Waals surface area contributed by atoms with Gasteiger partial charge in [-0.25, -0.2) is 4.98 Å². The van der Waals surface area contributed by atoms with Gasteiger partial charge in [-0.1, -0.05) is 78.9 Å². The molecule has 0 N–H and O–H groups in total. The van der Waals surface area contributed by atoms with Crippen molar-refractivity contribution in [3.05, 3.63) is 172 Å². The number of hydrogen-bond donors (Lipinski definition) is 1. The number of nitrogens with zero attached hydrogens (tertiary/aromatic N) is 2. The fourth-order valence-corrected chi connectivity index (χ4v) is 7.76. The average molecular weight is 1120 g/mol. The Morgan fingerprint density at radius 1 is 0.440 bits per heavy atom. The van der Waals surface area contributed by atoms with E-state index in [1.54, 1.807) is 35.3 Å². The fourth-order valence-electron chi connectivity index (χ4n) is 7.63. The van der Waals surface area contributed by atoms with Gasteiger partial charge < -0.3 is 4.74 Å². The standard InChI is InChI=1S/C32H12BF24.C13H12N2O2S/c34-25(35,36)13-1-14(26(37,38)39)6-21(5-13)33(22-7-15(27(40,41)42)2-16(8-22)28(43,44)45,23-9-17(29(46,47)48)3-18(10-23)30(49,50)51)24-11-19(31(52,53)54)4-20(12-24)32(55,56)57;16-12(11-4-2-1-3-5-11)9-15-7-6-14-8-13(15)17-10-18/h1-12H;1-8H,9-10H2/q-1;/p+1. The number of carbonyl (C=O) groups excluding carboxylic acids is 1. The molecule has 1 heterocycles. The monoisotopic (exact) mass is 1120 g/mol. The van der Waals surface area contributed by atoms with Gasteiger partial charge in [-0.3, -0.25) is 4.79 Å². The number of Topliss-reactive ketones (excluding diaryl/α,β-unsaturated/α-hetero) is 1. The molecule has 0 fully saturated rings. The molecule has 0 aliphatic heterocycles. The summed E-state index contributed by atoms with van der Waals surface area (Å²) in [5, 5.41) is 0. The topological polar surface area (TPSA) is 43.1 Å². The molecular formula is C45H25BF24N2O2S. The second-order valence-electron chi connectivity index (χ2n) is 15.8. The van der Waals surface area contributed by atoms with Gasteiger partial charge in [0.25, 0.3) is 0 Å². The van der Waals surface area contributed by atoms with E-state index in [1.165, 1.54) is 0 Å². The Morgan fingerprint density at radius 3 is 0.947 bits per heavy atom. The Bertz CT molecular complexity index is 2570. The van der Waals surface area contributed by atoms with Crippen LogP contribution in [-0.4, -0.2) is 22.9 Å². The molecule has 1 aromatic heterocycles. The van der Waals surface area contributed by atoms with Crippen molar-refractivity contribution < 1.29 is 119 Å². The third-order valence-electron chi connectivity index (χ3n) is 10.9. The van der Waals surface area contributed by atoms with Gasteiger partial charge in [0, 0.05) is 5.56 Å². The van der Waals surface area contributed by atoms with Gasteiger partial charge in [0.15, 0.2) is 6.20 Å². The zero-order valence-electron chi connectivity index (χ0n) is 36.3. The molecule has 0 saturated heterocycles. The molecular weight excluding hydrogens is 1100 g/mol. The maximum absolute atomic E-state index is 14.2. The van der Waals surface area contributed by atoms with Crippen molar-refractivity contribution in [1.82, 2.24) is 4.98 Å². The lowest BCUT2D eigenvalue weighted by molar-refractivity contribution is -0.688.